The fraction of sp³-hybridized carbons (Fsp3) is 0.548. The van der Waals surface area contributed by atoms with Gasteiger partial charge in [0, 0.05) is 35.7 Å². The molecule has 48 heavy (non-hydrogen) atoms. The number of nitrogens with one attached hydrogen (secondary N) is 1. The number of ether oxygens (including phenoxy) is 1. The van der Waals surface area contributed by atoms with Gasteiger partial charge in [0.15, 0.2) is 0 Å². The highest BCUT2D eigenvalue weighted by Crippen LogP contribution is 2.46. The number of benzene rings is 1. The number of likely N-dealkylation sites (tertiary alicyclic amines) is 1. The van der Waals surface area contributed by atoms with Gasteiger partial charge in [-0.25, -0.2) is 4.98 Å². The van der Waals surface area contributed by atoms with E-state index in [0.29, 0.717) is 5.41 Å². The smallest absolute Gasteiger partial charge is 0.124 e. The van der Waals surface area contributed by atoms with Crippen molar-refractivity contribution >= 4 is 16.6 Å². The summed E-state index contributed by atoms with van der Waals surface area (Å²) < 4.78 is 5.94. The second-order valence-electron chi connectivity index (χ2n) is 14.6. The molecule has 2 aromatic rings. The molecule has 1 unspecified atom stereocenters. The molecule has 6 heteroatoms. The van der Waals surface area contributed by atoms with Crippen LogP contribution in [0.5, 0.6) is 5.75 Å². The normalized spacial score (nSPS) is 18.1. The van der Waals surface area contributed by atoms with Gasteiger partial charge >= 0.3 is 0 Å². The average molecular weight is 655 g/mol. The van der Waals surface area contributed by atoms with E-state index in [-0.39, 0.29) is 0 Å². The average Bonchev–Trinajstić information content (AvgIpc) is 3.69. The van der Waals surface area contributed by atoms with Crippen LogP contribution in [0.1, 0.15) is 102 Å². The number of piperidine rings is 1. The summed E-state index contributed by atoms with van der Waals surface area (Å²) in [5.41, 5.74) is 10.5. The lowest BCUT2D eigenvalue weighted by atomic mass is 9.91. The van der Waals surface area contributed by atoms with E-state index in [1.165, 1.54) is 41.3 Å². The molecule has 6 nitrogen and oxygen atoms in total. The van der Waals surface area contributed by atoms with Gasteiger partial charge in [0.1, 0.15) is 5.75 Å². The Bertz CT molecular complexity index is 1520. The van der Waals surface area contributed by atoms with E-state index in [1.807, 2.05) is 27.0 Å². The van der Waals surface area contributed by atoms with Gasteiger partial charge in [-0.15, -0.1) is 13.2 Å². The lowest BCUT2D eigenvalue weighted by Crippen LogP contribution is -2.34. The minimum atomic E-state index is -0.720. The molecular formula is C42H62N4O2. The Morgan fingerprint density at radius 1 is 1.17 bits per heavy atom. The van der Waals surface area contributed by atoms with E-state index < -0.39 is 6.10 Å². The molecule has 0 spiro atoms. The molecule has 1 aromatic carbocycles. The number of nitrogens with zero attached hydrogens (tertiary/aromatic N) is 3. The van der Waals surface area contributed by atoms with Crippen LogP contribution in [0.3, 0.4) is 0 Å². The van der Waals surface area contributed by atoms with Crippen LogP contribution in [-0.4, -0.2) is 59.3 Å². The number of aromatic nitrogens is 1. The third-order valence-corrected chi connectivity index (χ3v) is 9.87. The van der Waals surface area contributed by atoms with Gasteiger partial charge in [-0.1, -0.05) is 66.7 Å². The molecular weight excluding hydrogens is 592 g/mol. The topological polar surface area (TPSA) is 60.9 Å². The van der Waals surface area contributed by atoms with Gasteiger partial charge < -0.3 is 20.1 Å². The van der Waals surface area contributed by atoms with E-state index in [4.69, 9.17) is 9.72 Å². The first-order valence-corrected chi connectivity index (χ1v) is 18.4. The summed E-state index contributed by atoms with van der Waals surface area (Å²) in [6.07, 6.45) is 12.7. The van der Waals surface area contributed by atoms with Crippen molar-refractivity contribution in [1.82, 2.24) is 20.1 Å². The van der Waals surface area contributed by atoms with Crippen LogP contribution in [0.25, 0.3) is 16.6 Å². The molecule has 1 saturated heterocycles. The molecule has 4 aliphatic rings. The van der Waals surface area contributed by atoms with Crippen LogP contribution in [0, 0.1) is 11.3 Å². The minimum Gasteiger partial charge on any atom is -0.493 e. The summed E-state index contributed by atoms with van der Waals surface area (Å²) in [4.78, 5) is 10.2. The molecule has 6 rings (SSSR count). The molecule has 0 saturated carbocycles. The van der Waals surface area contributed by atoms with Crippen molar-refractivity contribution < 1.29 is 9.84 Å². The lowest BCUT2D eigenvalue weighted by molar-refractivity contribution is 0.172. The number of pyridine rings is 1. The van der Waals surface area contributed by atoms with Gasteiger partial charge in [0.25, 0.3) is 0 Å². The Morgan fingerprint density at radius 2 is 1.90 bits per heavy atom. The van der Waals surface area contributed by atoms with E-state index in [0.717, 1.165) is 110 Å². The van der Waals surface area contributed by atoms with Gasteiger partial charge in [-0.05, 0) is 105 Å². The van der Waals surface area contributed by atoms with Gasteiger partial charge in [-0.3, -0.25) is 4.90 Å². The molecule has 1 atom stereocenters. The van der Waals surface area contributed by atoms with Crippen LogP contribution in [0.4, 0.5) is 0 Å². The number of aliphatic hydroxyl groups excluding tert-OH is 1. The SMILES string of the molecule is C=CC(O)C1=C(CCC)C(=C)N2Cc3c(nc4cc5c(cc4c3CN3CCC(CCNC)CC3)CCO5)C2=C1.C=CCC(C)(C)C.CC. The number of hydrogen-bond acceptors (Lipinski definition) is 6. The highest BCUT2D eigenvalue weighted by molar-refractivity contribution is 5.90. The van der Waals surface area contributed by atoms with Crippen molar-refractivity contribution in [3.63, 3.8) is 0 Å². The summed E-state index contributed by atoms with van der Waals surface area (Å²) >= 11 is 0. The summed E-state index contributed by atoms with van der Waals surface area (Å²) in [6.45, 7) is 30.6. The highest BCUT2D eigenvalue weighted by Gasteiger charge is 2.36. The molecule has 5 heterocycles. The second-order valence-corrected chi connectivity index (χ2v) is 14.6. The number of rotatable bonds is 10. The van der Waals surface area contributed by atoms with Crippen molar-refractivity contribution in [2.45, 2.75) is 106 Å². The van der Waals surface area contributed by atoms with Crippen LogP contribution in [0.2, 0.25) is 0 Å². The first kappa shape index (κ1) is 37.6. The maximum absolute atomic E-state index is 10.9. The molecule has 1 fully saturated rings. The Kier molecular flexibility index (Phi) is 13.3. The quantitative estimate of drug-likeness (QED) is 0.250. The number of allylic oxidation sites excluding steroid dienone is 2. The van der Waals surface area contributed by atoms with E-state index in [9.17, 15) is 5.11 Å². The molecule has 0 bridgehead atoms. The monoisotopic (exact) mass is 654 g/mol. The second kappa shape index (κ2) is 17.0. The molecule has 0 radical (unpaired) electrons. The third kappa shape index (κ3) is 8.50. The van der Waals surface area contributed by atoms with E-state index in [1.54, 1.807) is 6.08 Å². The summed E-state index contributed by atoms with van der Waals surface area (Å²) in [6, 6.07) is 4.48. The highest BCUT2D eigenvalue weighted by atomic mass is 16.5. The molecule has 262 valence electrons. The third-order valence-electron chi connectivity index (χ3n) is 9.87. The zero-order valence-corrected chi connectivity index (χ0v) is 31.1. The fourth-order valence-corrected chi connectivity index (χ4v) is 7.29. The summed E-state index contributed by atoms with van der Waals surface area (Å²) in [5.74, 6) is 1.78. The van der Waals surface area contributed by atoms with Crippen LogP contribution >= 0.6 is 0 Å². The van der Waals surface area contributed by atoms with E-state index >= 15 is 0 Å². The van der Waals surface area contributed by atoms with Crippen LogP contribution < -0.4 is 10.1 Å². The first-order valence-electron chi connectivity index (χ1n) is 18.4. The van der Waals surface area contributed by atoms with Gasteiger partial charge in [0.2, 0.25) is 0 Å². The first-order chi connectivity index (χ1) is 23.1. The molecule has 0 aliphatic carbocycles. The zero-order valence-electron chi connectivity index (χ0n) is 31.1. The predicted molar refractivity (Wildman–Crippen MR) is 204 cm³/mol. The van der Waals surface area contributed by atoms with Gasteiger partial charge in [-0.2, -0.15) is 0 Å². The fourth-order valence-electron chi connectivity index (χ4n) is 7.29. The number of aliphatic hydroxyl groups is 1. The van der Waals surface area contributed by atoms with Crippen molar-refractivity contribution in [3.8, 4) is 5.75 Å². The molecule has 0 amide bonds. The Labute approximate surface area is 291 Å². The molecule has 2 N–H and O–H groups in total. The molecule has 1 aromatic heterocycles. The van der Waals surface area contributed by atoms with Crippen molar-refractivity contribution in [2.24, 2.45) is 11.3 Å². The van der Waals surface area contributed by atoms with Gasteiger partial charge in [0.05, 0.1) is 36.2 Å². The Morgan fingerprint density at radius 3 is 2.50 bits per heavy atom. The van der Waals surface area contributed by atoms with Crippen LogP contribution in [0.15, 0.2) is 66.9 Å². The largest absolute Gasteiger partial charge is 0.493 e. The maximum Gasteiger partial charge on any atom is 0.124 e. The van der Waals surface area contributed by atoms with Crippen molar-refractivity contribution in [1.29, 1.82) is 0 Å². The minimum absolute atomic E-state index is 0.432. The summed E-state index contributed by atoms with van der Waals surface area (Å²) in [5, 5.41) is 15.4. The maximum atomic E-state index is 10.9. The van der Waals surface area contributed by atoms with Crippen molar-refractivity contribution in [2.75, 3.05) is 33.3 Å². The molecule has 4 aliphatic heterocycles. The number of hydrogen-bond donors (Lipinski definition) is 2. The predicted octanol–water partition coefficient (Wildman–Crippen LogP) is 8.95. The lowest BCUT2D eigenvalue weighted by Gasteiger charge is -2.33. The standard InChI is InChI=1S/C33H42N4O2.C7H14.C2H6/c1-5-7-24-21(3)37-20-28-27(19-36-13-9-22(10-14-36)8-12-34-4)25-16-23-11-15-39-32(23)18-29(25)35-33(28)30(37)17-26(24)31(38)6-2;1-5-6-7(2,3)4;1-2/h6,16-18,22,31,34,38H,2-3,5,7-15,19-20H2,1,4H3;5H,1,6H2,2-4H3;1-2H3. The Balaban J connectivity index is 0.000000516. The zero-order chi connectivity index (χ0) is 35.0. The summed E-state index contributed by atoms with van der Waals surface area (Å²) in [7, 11) is 2.05. The van der Waals surface area contributed by atoms with Crippen LogP contribution in [-0.2, 0) is 19.5 Å². The number of fused-ring (bicyclic) bond motifs is 5. The van der Waals surface area contributed by atoms with Crippen molar-refractivity contribution in [3.05, 3.63) is 89.3 Å². The van der Waals surface area contributed by atoms with E-state index in [2.05, 4.69) is 80.8 Å². The Hall–Kier alpha value is -3.19.